The Kier molecular flexibility index (Phi) is 26.2. The molecule has 0 bridgehead atoms. The van der Waals surface area contributed by atoms with E-state index in [1.165, 1.54) is 43.7 Å². The topological polar surface area (TPSA) is 247 Å². The number of benzene rings is 6. The molecular formula is C88H89Cl2FN12O12. The van der Waals surface area contributed by atoms with E-state index in [-0.39, 0.29) is 53.1 Å². The van der Waals surface area contributed by atoms with Crippen LogP contribution in [0.2, 0.25) is 10.0 Å². The maximum Gasteiger partial charge on any atom is 0.246 e. The Morgan fingerprint density at radius 3 is 1.18 bits per heavy atom. The summed E-state index contributed by atoms with van der Waals surface area (Å²) in [5.74, 6) is 4.58. The van der Waals surface area contributed by atoms with Crippen LogP contribution < -0.4 is 37.9 Å². The quantitative estimate of drug-likeness (QED) is 0.0412. The normalized spacial score (nSPS) is 15.3. The minimum absolute atomic E-state index is 0.00244. The molecule has 3 amide bonds. The Hall–Kier alpha value is -12.5. The lowest BCUT2D eigenvalue weighted by atomic mass is 10.1. The van der Waals surface area contributed by atoms with Crippen LogP contribution in [-0.2, 0) is 14.4 Å². The molecule has 6 aromatic heterocycles. The van der Waals surface area contributed by atoms with Crippen molar-refractivity contribution in [1.29, 1.82) is 0 Å². The van der Waals surface area contributed by atoms with Crippen molar-refractivity contribution in [3.63, 3.8) is 0 Å². The van der Waals surface area contributed by atoms with Crippen LogP contribution in [0, 0.1) is 5.82 Å². The fraction of sp³-hybridized carbons (Fsp3) is 0.284. The highest BCUT2D eigenvalue weighted by Crippen LogP contribution is 2.44. The van der Waals surface area contributed by atoms with Crippen molar-refractivity contribution in [3.05, 3.63) is 218 Å². The van der Waals surface area contributed by atoms with Crippen molar-refractivity contribution >= 4 is 73.6 Å². The highest BCUT2D eigenvalue weighted by atomic mass is 35.5. The van der Waals surface area contributed by atoms with E-state index in [0.717, 1.165) is 108 Å². The molecule has 0 unspecified atom stereocenters. The lowest BCUT2D eigenvalue weighted by molar-refractivity contribution is -0.128. The average Bonchev–Trinajstić information content (AvgIpc) is 1.62. The number of halogens is 3. The van der Waals surface area contributed by atoms with Crippen molar-refractivity contribution < 1.29 is 61.8 Å². The molecular weight excluding hydrogens is 1510 g/mol. The van der Waals surface area contributed by atoms with Crippen LogP contribution in [0.25, 0.3) is 66.5 Å². The van der Waals surface area contributed by atoms with Gasteiger partial charge in [0.25, 0.3) is 0 Å². The van der Waals surface area contributed by atoms with E-state index in [1.54, 1.807) is 84.9 Å². The van der Waals surface area contributed by atoms with E-state index in [9.17, 15) is 23.9 Å². The van der Waals surface area contributed by atoms with Crippen LogP contribution in [0.3, 0.4) is 0 Å². The summed E-state index contributed by atoms with van der Waals surface area (Å²) in [7, 11) is 4.54. The number of unbranched alkanes of at least 4 members (excludes halogenated alkanes) is 1. The summed E-state index contributed by atoms with van der Waals surface area (Å²) in [6.07, 6.45) is 22.3. The monoisotopic (exact) mass is 1590 g/mol. The average molecular weight is 1600 g/mol. The summed E-state index contributed by atoms with van der Waals surface area (Å²) in [6, 6.07) is 37.9. The van der Waals surface area contributed by atoms with Gasteiger partial charge in [-0.15, -0.1) is 0 Å². The molecule has 6 aromatic carbocycles. The molecule has 0 aliphatic carbocycles. The van der Waals surface area contributed by atoms with Gasteiger partial charge in [0.1, 0.15) is 83.9 Å². The molecule has 3 saturated heterocycles. The number of aromatic hydroxyl groups is 1. The third-order valence-electron chi connectivity index (χ3n) is 20.2. The first-order chi connectivity index (χ1) is 56.1. The number of aromatic nitrogens is 9. The molecule has 3 aliphatic heterocycles. The van der Waals surface area contributed by atoms with Gasteiger partial charge < -0.3 is 57.7 Å². The molecule has 0 radical (unpaired) electrons. The number of nitrogens with zero attached hydrogens (tertiary/aromatic N) is 12. The first kappa shape index (κ1) is 80.6. The molecule has 0 spiro atoms. The molecule has 594 valence electrons. The van der Waals surface area contributed by atoms with Gasteiger partial charge in [0, 0.05) is 74.5 Å². The van der Waals surface area contributed by atoms with Crippen molar-refractivity contribution in [2.75, 3.05) is 73.8 Å². The van der Waals surface area contributed by atoms with Gasteiger partial charge in [-0.1, -0.05) is 81.4 Å². The van der Waals surface area contributed by atoms with Crippen molar-refractivity contribution in [3.8, 4) is 103 Å². The smallest absolute Gasteiger partial charge is 0.246 e. The van der Waals surface area contributed by atoms with Crippen molar-refractivity contribution in [2.24, 2.45) is 0 Å². The lowest BCUT2D eigenvalue weighted by Gasteiger charge is -2.32. The summed E-state index contributed by atoms with van der Waals surface area (Å²) in [5.41, 5.74) is 7.16. The van der Waals surface area contributed by atoms with E-state index in [1.807, 2.05) is 104 Å². The first-order valence-electron chi connectivity index (χ1n) is 38.2. The van der Waals surface area contributed by atoms with Gasteiger partial charge in [-0.05, 0) is 179 Å². The Labute approximate surface area is 675 Å². The van der Waals surface area contributed by atoms with Crippen LogP contribution in [0.15, 0.2) is 203 Å². The van der Waals surface area contributed by atoms with E-state index in [2.05, 4.69) is 48.5 Å². The van der Waals surface area contributed by atoms with Gasteiger partial charge in [0.2, 0.25) is 23.5 Å². The molecule has 24 nitrogen and oxygen atoms in total. The second kappa shape index (κ2) is 37.4. The molecule has 3 fully saturated rings. The summed E-state index contributed by atoms with van der Waals surface area (Å²) in [4.78, 5) is 55.5. The third-order valence-corrected chi connectivity index (χ3v) is 20.9. The van der Waals surface area contributed by atoms with E-state index >= 15 is 0 Å². The van der Waals surface area contributed by atoms with Gasteiger partial charge in [-0.3, -0.25) is 43.4 Å². The molecule has 3 aliphatic rings. The van der Waals surface area contributed by atoms with Gasteiger partial charge in [0.05, 0.1) is 87.4 Å². The number of hydrogen-bond acceptors (Lipinski definition) is 18. The molecule has 27 heteroatoms. The minimum Gasteiger partial charge on any atom is -0.504 e. The number of carbonyl (C=O) groups is 3. The van der Waals surface area contributed by atoms with Gasteiger partial charge in [-0.2, -0.15) is 19.7 Å². The van der Waals surface area contributed by atoms with Crippen molar-refractivity contribution in [2.45, 2.75) is 89.8 Å². The highest BCUT2D eigenvalue weighted by molar-refractivity contribution is 6.34. The minimum atomic E-state index is -0.577. The number of fused-ring (bicyclic) bond motifs is 3. The standard InChI is InChI=1S/C31H33ClN4O4.C30H31ClN4O4.C27H25FN4O4/c1-4-6-17-39-27-19-33-18-24-30(34-36(31(24)27)22-9-8-16-35(20-22)28(37)5-2)21-12-14-23(15-13-21)40-26-11-7-10-25(38-3)29(26)32;1-4-16-38-26-18-32-17-23-29(33-35(30(23)26)21-8-7-15-34(19-21)27(36)5-2)20-11-13-22(14-12-20)39-25-10-6-9-24(37-3)28(25)31;1-3-24(34)31-13-5-6-18(16-31)32-27-20(14-29-15-21(27)33)26(30-32)17-9-11-19(12-10-17)36-23-8-4-7-22(35-2)25(23)28/h5,7,10-15,18-19,22H,2,4,6,8-9,16-17,20H2,1,3H3;5-6,9-14,17-18,21H,2,4,7-8,15-16,19H2,1,3H3;3-4,7-12,14-15,18,33H,1,5-6,13,16H2,2H3/t22-;21-;18-/m111/s1. The van der Waals surface area contributed by atoms with Crippen LogP contribution in [0.1, 0.15) is 89.8 Å². The number of carbonyl (C=O) groups excluding carboxylic acids is 3. The number of ether oxygens (including phenoxy) is 8. The zero-order valence-electron chi connectivity index (χ0n) is 64.6. The zero-order valence-corrected chi connectivity index (χ0v) is 66.1. The Balaban J connectivity index is 0.000000150. The number of amides is 3. The molecule has 3 atom stereocenters. The number of piperidine rings is 3. The van der Waals surface area contributed by atoms with Gasteiger partial charge in [0.15, 0.2) is 28.7 Å². The summed E-state index contributed by atoms with van der Waals surface area (Å²) >= 11 is 12.8. The number of pyridine rings is 3. The largest absolute Gasteiger partial charge is 0.504 e. The van der Waals surface area contributed by atoms with Crippen LogP contribution in [-0.4, -0.2) is 156 Å². The van der Waals surface area contributed by atoms with E-state index < -0.39 is 5.82 Å². The fourth-order valence-corrected chi connectivity index (χ4v) is 14.9. The summed E-state index contributed by atoms with van der Waals surface area (Å²) < 4.78 is 66.0. The van der Waals surface area contributed by atoms with Crippen LogP contribution >= 0.6 is 23.2 Å². The van der Waals surface area contributed by atoms with Crippen molar-refractivity contribution in [1.82, 2.24) is 59.0 Å². The molecule has 115 heavy (non-hydrogen) atoms. The molecule has 15 rings (SSSR count). The number of likely N-dealkylation sites (tertiary alicyclic amines) is 3. The first-order valence-corrected chi connectivity index (χ1v) is 38.9. The maximum absolute atomic E-state index is 14.5. The van der Waals surface area contributed by atoms with E-state index in [4.69, 9.17) is 76.4 Å². The molecule has 12 aromatic rings. The second-order valence-corrected chi connectivity index (χ2v) is 28.4. The summed E-state index contributed by atoms with van der Waals surface area (Å²) in [5, 5.41) is 29.0. The second-order valence-electron chi connectivity index (χ2n) is 27.6. The molecule has 1 N–H and O–H groups in total. The molecule has 9 heterocycles. The highest BCUT2D eigenvalue weighted by Gasteiger charge is 2.33. The molecule has 0 saturated carbocycles. The summed E-state index contributed by atoms with van der Waals surface area (Å²) in [6.45, 7) is 20.0. The Bertz CT molecular complexity index is 5490. The van der Waals surface area contributed by atoms with E-state index in [0.29, 0.717) is 131 Å². The lowest BCUT2D eigenvalue weighted by Crippen LogP contribution is -2.40. The third kappa shape index (κ3) is 18.0. The van der Waals surface area contributed by atoms with Gasteiger partial charge >= 0.3 is 0 Å². The predicted octanol–water partition coefficient (Wildman–Crippen LogP) is 18.9. The number of hydrogen-bond donors (Lipinski definition) is 1. The van der Waals surface area contributed by atoms with Crippen LogP contribution in [0.4, 0.5) is 4.39 Å². The SMILES string of the molecule is C=CC(=O)N1CCC[C@@H](n2nc(-c3ccc(Oc4cccc(OC)c4Cl)cc3)c3cncc(OCCC)c32)C1.C=CC(=O)N1CCC[C@@H](n2nc(-c3ccc(Oc4cccc(OC)c4Cl)cc3)c3cncc(OCCCC)c32)C1.C=CC(=O)N1CCC[C@@H](n2nc(-c3ccc(Oc4cccc(OC)c4F)cc3)c3cncc(O)c32)C1. The zero-order chi connectivity index (χ0) is 80.7. The van der Waals surface area contributed by atoms with Gasteiger partial charge in [-0.25, -0.2) is 0 Å². The Morgan fingerprint density at radius 1 is 0.452 bits per heavy atom. The maximum atomic E-state index is 14.5. The fourth-order valence-electron chi connectivity index (χ4n) is 14.4. The number of rotatable bonds is 25. The Morgan fingerprint density at radius 2 is 0.800 bits per heavy atom. The van der Waals surface area contributed by atoms with Crippen LogP contribution in [0.5, 0.6) is 69.0 Å². The number of methoxy groups -OCH3 is 3. The predicted molar refractivity (Wildman–Crippen MR) is 441 cm³/mol.